The Kier molecular flexibility index (Phi) is 3.91. The van der Waals surface area contributed by atoms with Crippen LogP contribution in [0.4, 0.5) is 0 Å². The highest BCUT2D eigenvalue weighted by Gasteiger charge is 2.22. The third-order valence-corrected chi connectivity index (χ3v) is 3.69. The fourth-order valence-corrected chi connectivity index (χ4v) is 2.20. The molecular weight excluding hydrogens is 282 g/mol. The summed E-state index contributed by atoms with van der Waals surface area (Å²) in [5.41, 5.74) is 1.63. The molecule has 1 aliphatic rings. The maximum absolute atomic E-state index is 12.0. The Morgan fingerprint density at radius 3 is 2.59 bits per heavy atom. The fourth-order valence-electron chi connectivity index (χ4n) is 2.20. The number of benzene rings is 1. The maximum Gasteiger partial charge on any atom is 0.335 e. The average molecular weight is 299 g/mol. The molecule has 0 saturated heterocycles. The van der Waals surface area contributed by atoms with Gasteiger partial charge in [0.2, 0.25) is 0 Å². The second kappa shape index (κ2) is 6.01. The average Bonchev–Trinajstić information content (AvgIpc) is 3.20. The number of aromatic carboxylic acids is 1. The number of nitrogens with one attached hydrogen (secondary N) is 1. The van der Waals surface area contributed by atoms with Gasteiger partial charge in [0.25, 0.3) is 5.91 Å². The number of carbonyl (C=O) groups excluding carboxylic acids is 1. The molecule has 1 amide bonds. The second-order valence-electron chi connectivity index (χ2n) is 5.58. The summed E-state index contributed by atoms with van der Waals surface area (Å²) in [6, 6.07) is 6.44. The van der Waals surface area contributed by atoms with E-state index < -0.39 is 5.97 Å². The fraction of sp³-hybridized carbons (Fsp3) is 0.312. The third-order valence-electron chi connectivity index (χ3n) is 3.69. The number of aromatic nitrogens is 2. The predicted molar refractivity (Wildman–Crippen MR) is 79.5 cm³/mol. The molecule has 0 radical (unpaired) electrons. The Labute approximate surface area is 127 Å². The van der Waals surface area contributed by atoms with Crippen molar-refractivity contribution in [3.8, 4) is 0 Å². The summed E-state index contributed by atoms with van der Waals surface area (Å²) < 4.78 is 1.81. The highest BCUT2D eigenvalue weighted by Crippen LogP contribution is 2.30. The lowest BCUT2D eigenvalue weighted by Gasteiger charge is -2.04. The molecule has 0 spiro atoms. The predicted octanol–water partition coefficient (Wildman–Crippen LogP) is 1.92. The van der Waals surface area contributed by atoms with Crippen molar-refractivity contribution >= 4 is 11.9 Å². The Bertz CT molecular complexity index is 687. The van der Waals surface area contributed by atoms with Gasteiger partial charge >= 0.3 is 5.97 Å². The number of carboxylic acid groups (broad SMARTS) is 1. The van der Waals surface area contributed by atoms with Crippen molar-refractivity contribution in [3.05, 3.63) is 53.3 Å². The second-order valence-corrected chi connectivity index (χ2v) is 5.58. The summed E-state index contributed by atoms with van der Waals surface area (Å²) in [5.74, 6) is -0.424. The zero-order valence-corrected chi connectivity index (χ0v) is 12.0. The zero-order chi connectivity index (χ0) is 15.5. The van der Waals surface area contributed by atoms with Gasteiger partial charge in [0.05, 0.1) is 17.3 Å². The van der Waals surface area contributed by atoms with Crippen LogP contribution in [-0.4, -0.2) is 26.8 Å². The molecule has 1 heterocycles. The Morgan fingerprint density at radius 2 is 1.95 bits per heavy atom. The summed E-state index contributed by atoms with van der Waals surface area (Å²) >= 11 is 0. The monoisotopic (exact) mass is 299 g/mol. The van der Waals surface area contributed by atoms with Gasteiger partial charge in [0, 0.05) is 19.3 Å². The minimum absolute atomic E-state index is 0.177. The molecule has 3 rings (SSSR count). The van der Waals surface area contributed by atoms with Crippen molar-refractivity contribution in [2.24, 2.45) is 5.92 Å². The molecule has 0 atom stereocenters. The number of amides is 1. The highest BCUT2D eigenvalue weighted by molar-refractivity contribution is 5.93. The topological polar surface area (TPSA) is 84.2 Å². The van der Waals surface area contributed by atoms with Crippen molar-refractivity contribution in [2.75, 3.05) is 0 Å². The SMILES string of the molecule is O=C(O)c1ccc(CNC(=O)c2cnn(CC3CC3)c2)cc1. The quantitative estimate of drug-likeness (QED) is 0.853. The van der Waals surface area contributed by atoms with Crippen LogP contribution in [0.25, 0.3) is 0 Å². The van der Waals surface area contributed by atoms with E-state index in [1.165, 1.54) is 25.0 Å². The molecule has 1 saturated carbocycles. The van der Waals surface area contributed by atoms with Crippen molar-refractivity contribution in [3.63, 3.8) is 0 Å². The number of hydrogen-bond donors (Lipinski definition) is 2. The van der Waals surface area contributed by atoms with Crippen molar-refractivity contribution in [2.45, 2.75) is 25.9 Å². The van der Waals surface area contributed by atoms with Gasteiger partial charge in [0.15, 0.2) is 0 Å². The molecule has 114 valence electrons. The minimum atomic E-state index is -0.960. The normalized spacial score (nSPS) is 13.8. The van der Waals surface area contributed by atoms with E-state index in [1.807, 2.05) is 4.68 Å². The van der Waals surface area contributed by atoms with Gasteiger partial charge in [0.1, 0.15) is 0 Å². The largest absolute Gasteiger partial charge is 0.478 e. The maximum atomic E-state index is 12.0. The van der Waals surface area contributed by atoms with E-state index in [9.17, 15) is 9.59 Å². The number of hydrogen-bond acceptors (Lipinski definition) is 3. The highest BCUT2D eigenvalue weighted by atomic mass is 16.4. The van der Waals surface area contributed by atoms with Crippen LogP contribution in [0, 0.1) is 5.92 Å². The van der Waals surface area contributed by atoms with Gasteiger partial charge in [-0.15, -0.1) is 0 Å². The molecular formula is C16H17N3O3. The van der Waals surface area contributed by atoms with E-state index >= 15 is 0 Å². The van der Waals surface area contributed by atoms with Crippen LogP contribution in [0.1, 0.15) is 39.1 Å². The van der Waals surface area contributed by atoms with Crippen LogP contribution in [-0.2, 0) is 13.1 Å². The van der Waals surface area contributed by atoms with Crippen molar-refractivity contribution < 1.29 is 14.7 Å². The first kappa shape index (κ1) is 14.3. The Hall–Kier alpha value is -2.63. The molecule has 1 aromatic heterocycles. The summed E-state index contributed by atoms with van der Waals surface area (Å²) in [4.78, 5) is 22.8. The van der Waals surface area contributed by atoms with Crippen molar-refractivity contribution in [1.29, 1.82) is 0 Å². The van der Waals surface area contributed by atoms with Gasteiger partial charge < -0.3 is 10.4 Å². The molecule has 22 heavy (non-hydrogen) atoms. The molecule has 1 aromatic carbocycles. The van der Waals surface area contributed by atoms with Crippen LogP contribution in [0.2, 0.25) is 0 Å². The summed E-state index contributed by atoms with van der Waals surface area (Å²) in [7, 11) is 0. The number of carboxylic acids is 1. The number of nitrogens with zero attached hydrogens (tertiary/aromatic N) is 2. The van der Waals surface area contributed by atoms with E-state index in [0.717, 1.165) is 12.1 Å². The molecule has 6 nitrogen and oxygen atoms in total. The first-order valence-corrected chi connectivity index (χ1v) is 7.25. The minimum Gasteiger partial charge on any atom is -0.478 e. The van der Waals surface area contributed by atoms with E-state index in [-0.39, 0.29) is 11.5 Å². The standard InChI is InChI=1S/C16H17N3O3/c20-15(14-8-18-19(10-14)9-12-1-2-12)17-7-11-3-5-13(6-4-11)16(21)22/h3-6,8,10,12H,1-2,7,9H2,(H,17,20)(H,21,22). The smallest absolute Gasteiger partial charge is 0.335 e. The van der Waals surface area contributed by atoms with Crippen LogP contribution in [0.3, 0.4) is 0 Å². The molecule has 2 aromatic rings. The van der Waals surface area contributed by atoms with Gasteiger partial charge in [-0.05, 0) is 36.5 Å². The molecule has 6 heteroatoms. The molecule has 0 aliphatic heterocycles. The van der Waals surface area contributed by atoms with Crippen LogP contribution >= 0.6 is 0 Å². The molecule has 2 N–H and O–H groups in total. The number of rotatable bonds is 6. The van der Waals surface area contributed by atoms with Gasteiger partial charge in [-0.2, -0.15) is 5.10 Å². The molecule has 0 unspecified atom stereocenters. The van der Waals surface area contributed by atoms with Gasteiger partial charge in [-0.25, -0.2) is 4.79 Å². The first-order chi connectivity index (χ1) is 10.6. The first-order valence-electron chi connectivity index (χ1n) is 7.25. The number of carbonyl (C=O) groups is 2. The molecule has 1 fully saturated rings. The van der Waals surface area contributed by atoms with Gasteiger partial charge in [-0.3, -0.25) is 9.48 Å². The van der Waals surface area contributed by atoms with Crippen LogP contribution in [0.5, 0.6) is 0 Å². The molecule has 1 aliphatic carbocycles. The van der Waals surface area contributed by atoms with E-state index in [2.05, 4.69) is 10.4 Å². The summed E-state index contributed by atoms with van der Waals surface area (Å²) in [6.07, 6.45) is 5.83. The zero-order valence-electron chi connectivity index (χ0n) is 12.0. The third kappa shape index (κ3) is 3.52. The van der Waals surface area contributed by atoms with Gasteiger partial charge in [-0.1, -0.05) is 12.1 Å². The molecule has 0 bridgehead atoms. The van der Waals surface area contributed by atoms with E-state index in [0.29, 0.717) is 18.0 Å². The van der Waals surface area contributed by atoms with E-state index in [1.54, 1.807) is 24.5 Å². The summed E-state index contributed by atoms with van der Waals surface area (Å²) in [5, 5.41) is 15.8. The van der Waals surface area contributed by atoms with Crippen LogP contribution in [0.15, 0.2) is 36.7 Å². The van der Waals surface area contributed by atoms with E-state index in [4.69, 9.17) is 5.11 Å². The lowest BCUT2D eigenvalue weighted by atomic mass is 10.1. The lowest BCUT2D eigenvalue weighted by Crippen LogP contribution is -2.22. The lowest BCUT2D eigenvalue weighted by molar-refractivity contribution is 0.0696. The van der Waals surface area contributed by atoms with Crippen molar-refractivity contribution in [1.82, 2.24) is 15.1 Å². The Morgan fingerprint density at radius 1 is 1.23 bits per heavy atom. The van der Waals surface area contributed by atoms with Crippen LogP contribution < -0.4 is 5.32 Å². The Balaban J connectivity index is 1.54. The summed E-state index contributed by atoms with van der Waals surface area (Å²) in [6.45, 7) is 1.23.